The molecule has 0 saturated carbocycles. The molecule has 0 aliphatic carbocycles. The van der Waals surface area contributed by atoms with Gasteiger partial charge in [0.1, 0.15) is 17.9 Å². The lowest BCUT2D eigenvalue weighted by atomic mass is 9.98. The maximum atomic E-state index is 6.11. The number of benzene rings is 2. The lowest BCUT2D eigenvalue weighted by Crippen LogP contribution is -2.38. The molecule has 2 aromatic carbocycles. The fourth-order valence-electron chi connectivity index (χ4n) is 4.18. The Morgan fingerprint density at radius 1 is 1.06 bits per heavy atom. The van der Waals surface area contributed by atoms with Gasteiger partial charge in [-0.3, -0.25) is 0 Å². The fraction of sp³-hybridized carbons (Fsp3) is 0.440. The molecule has 0 radical (unpaired) electrons. The van der Waals surface area contributed by atoms with Crippen molar-refractivity contribution in [2.45, 2.75) is 25.7 Å². The summed E-state index contributed by atoms with van der Waals surface area (Å²) < 4.78 is 6.11. The Bertz CT molecular complexity index is 941. The Hall–Kier alpha value is -2.70. The molecular weight excluding hydrogens is 386 g/mol. The van der Waals surface area contributed by atoms with Gasteiger partial charge in [0.05, 0.1) is 12.1 Å². The molecular formula is C25H33N5O. The van der Waals surface area contributed by atoms with Crippen molar-refractivity contribution in [2.75, 3.05) is 44.6 Å². The summed E-state index contributed by atoms with van der Waals surface area (Å²) in [7, 11) is 0. The van der Waals surface area contributed by atoms with Crippen LogP contribution in [0.5, 0.6) is 5.75 Å². The number of ether oxygens (including phenoxy) is 1. The number of aryl methyl sites for hydroxylation is 1. The van der Waals surface area contributed by atoms with Crippen LogP contribution in [0.3, 0.4) is 0 Å². The number of hydrogen-bond acceptors (Lipinski definition) is 6. The van der Waals surface area contributed by atoms with Gasteiger partial charge in [0, 0.05) is 31.1 Å². The van der Waals surface area contributed by atoms with E-state index in [2.05, 4.69) is 56.6 Å². The molecule has 0 unspecified atom stereocenters. The number of hydrogen-bond donors (Lipinski definition) is 2. The number of fused-ring (bicyclic) bond motifs is 1. The van der Waals surface area contributed by atoms with Crippen molar-refractivity contribution < 1.29 is 4.74 Å². The predicted octanol–water partition coefficient (Wildman–Crippen LogP) is 3.72. The van der Waals surface area contributed by atoms with E-state index in [-0.39, 0.29) is 0 Å². The minimum atomic E-state index is 0.608. The first kappa shape index (κ1) is 21.5. The monoisotopic (exact) mass is 419 g/mol. The summed E-state index contributed by atoms with van der Waals surface area (Å²) in [5.74, 6) is 2.37. The molecule has 1 aliphatic heterocycles. The second kappa shape index (κ2) is 11.1. The van der Waals surface area contributed by atoms with E-state index in [4.69, 9.17) is 10.5 Å². The van der Waals surface area contributed by atoms with Gasteiger partial charge >= 0.3 is 0 Å². The maximum Gasteiger partial charge on any atom is 0.137 e. The van der Waals surface area contributed by atoms with Crippen LogP contribution in [-0.2, 0) is 6.42 Å². The third kappa shape index (κ3) is 6.15. The lowest BCUT2D eigenvalue weighted by Gasteiger charge is -2.31. The molecule has 31 heavy (non-hydrogen) atoms. The average molecular weight is 420 g/mol. The predicted molar refractivity (Wildman–Crippen MR) is 127 cm³/mol. The molecule has 164 valence electrons. The largest absolute Gasteiger partial charge is 0.493 e. The SMILES string of the molecule is NCCN1CCC(COc2ccc3c(NCCCc4ccccc4)ncnc3c2)CC1. The summed E-state index contributed by atoms with van der Waals surface area (Å²) in [6.07, 6.45) is 6.08. The minimum absolute atomic E-state index is 0.608. The van der Waals surface area contributed by atoms with Gasteiger partial charge in [-0.05, 0) is 62.4 Å². The topological polar surface area (TPSA) is 76.3 Å². The normalized spacial score (nSPS) is 15.3. The Morgan fingerprint density at radius 3 is 2.71 bits per heavy atom. The number of likely N-dealkylation sites (tertiary alicyclic amines) is 1. The zero-order valence-corrected chi connectivity index (χ0v) is 18.2. The second-order valence-corrected chi connectivity index (χ2v) is 8.30. The van der Waals surface area contributed by atoms with Gasteiger partial charge in [0.2, 0.25) is 0 Å². The van der Waals surface area contributed by atoms with Gasteiger partial charge in [-0.25, -0.2) is 9.97 Å². The van der Waals surface area contributed by atoms with Crippen LogP contribution in [0.15, 0.2) is 54.9 Å². The molecule has 3 aromatic rings. The highest BCUT2D eigenvalue weighted by Crippen LogP contribution is 2.25. The highest BCUT2D eigenvalue weighted by atomic mass is 16.5. The highest BCUT2D eigenvalue weighted by Gasteiger charge is 2.19. The summed E-state index contributed by atoms with van der Waals surface area (Å²) in [6, 6.07) is 16.7. The molecule has 6 nitrogen and oxygen atoms in total. The van der Waals surface area contributed by atoms with E-state index < -0.39 is 0 Å². The molecule has 4 rings (SSSR count). The third-order valence-corrected chi connectivity index (χ3v) is 6.02. The smallest absolute Gasteiger partial charge is 0.137 e. The van der Waals surface area contributed by atoms with Crippen LogP contribution in [0.4, 0.5) is 5.82 Å². The van der Waals surface area contributed by atoms with E-state index in [9.17, 15) is 0 Å². The van der Waals surface area contributed by atoms with Gasteiger partial charge in [0.25, 0.3) is 0 Å². The zero-order valence-electron chi connectivity index (χ0n) is 18.2. The van der Waals surface area contributed by atoms with E-state index in [1.807, 2.05) is 12.1 Å². The summed E-state index contributed by atoms with van der Waals surface area (Å²) in [5, 5.41) is 4.50. The molecule has 6 heteroatoms. The van der Waals surface area contributed by atoms with Crippen LogP contribution in [0, 0.1) is 5.92 Å². The molecule has 3 N–H and O–H groups in total. The zero-order chi connectivity index (χ0) is 21.3. The Labute approximate surface area is 184 Å². The Balaban J connectivity index is 1.28. The number of nitrogens with two attached hydrogens (primary N) is 1. The Kier molecular flexibility index (Phi) is 7.69. The van der Waals surface area contributed by atoms with Gasteiger partial charge in [-0.2, -0.15) is 0 Å². The van der Waals surface area contributed by atoms with Crippen molar-refractivity contribution in [1.29, 1.82) is 0 Å². The van der Waals surface area contributed by atoms with E-state index in [1.54, 1.807) is 6.33 Å². The van der Waals surface area contributed by atoms with Gasteiger partial charge < -0.3 is 20.7 Å². The third-order valence-electron chi connectivity index (χ3n) is 6.02. The summed E-state index contributed by atoms with van der Waals surface area (Å²) in [4.78, 5) is 11.3. The second-order valence-electron chi connectivity index (χ2n) is 8.30. The van der Waals surface area contributed by atoms with Crippen LogP contribution < -0.4 is 15.8 Å². The lowest BCUT2D eigenvalue weighted by molar-refractivity contribution is 0.144. The molecule has 0 atom stereocenters. The van der Waals surface area contributed by atoms with Gasteiger partial charge in [-0.1, -0.05) is 30.3 Å². The van der Waals surface area contributed by atoms with Crippen molar-refractivity contribution >= 4 is 16.7 Å². The molecule has 1 aliphatic rings. The van der Waals surface area contributed by atoms with Crippen molar-refractivity contribution in [3.8, 4) is 5.75 Å². The van der Waals surface area contributed by atoms with Crippen LogP contribution in [0.2, 0.25) is 0 Å². The number of nitrogens with zero attached hydrogens (tertiary/aromatic N) is 3. The maximum absolute atomic E-state index is 6.11. The van der Waals surface area contributed by atoms with Gasteiger partial charge in [0.15, 0.2) is 0 Å². The van der Waals surface area contributed by atoms with E-state index in [1.165, 1.54) is 18.4 Å². The first-order valence-corrected chi connectivity index (χ1v) is 11.4. The molecule has 0 bridgehead atoms. The van der Waals surface area contributed by atoms with Crippen molar-refractivity contribution in [3.63, 3.8) is 0 Å². The van der Waals surface area contributed by atoms with E-state index in [0.29, 0.717) is 5.92 Å². The average Bonchev–Trinajstić information content (AvgIpc) is 2.82. The van der Waals surface area contributed by atoms with Crippen molar-refractivity contribution in [2.24, 2.45) is 11.7 Å². The number of anilines is 1. The van der Waals surface area contributed by atoms with Crippen molar-refractivity contribution in [1.82, 2.24) is 14.9 Å². The molecule has 1 fully saturated rings. The molecule has 2 heterocycles. The highest BCUT2D eigenvalue weighted by molar-refractivity contribution is 5.89. The van der Waals surface area contributed by atoms with Crippen LogP contribution >= 0.6 is 0 Å². The van der Waals surface area contributed by atoms with Crippen LogP contribution in [-0.4, -0.2) is 54.2 Å². The number of aromatic nitrogens is 2. The number of piperidine rings is 1. The van der Waals surface area contributed by atoms with Crippen LogP contribution in [0.25, 0.3) is 10.9 Å². The van der Waals surface area contributed by atoms with E-state index in [0.717, 1.165) is 74.6 Å². The minimum Gasteiger partial charge on any atom is -0.493 e. The quantitative estimate of drug-likeness (QED) is 0.488. The molecule has 0 amide bonds. The van der Waals surface area contributed by atoms with E-state index >= 15 is 0 Å². The van der Waals surface area contributed by atoms with Crippen molar-refractivity contribution in [3.05, 3.63) is 60.4 Å². The molecule has 0 spiro atoms. The summed E-state index contributed by atoms with van der Waals surface area (Å²) >= 11 is 0. The summed E-state index contributed by atoms with van der Waals surface area (Å²) in [5.41, 5.74) is 7.94. The number of nitrogens with one attached hydrogen (secondary N) is 1. The molecule has 1 aromatic heterocycles. The molecule has 1 saturated heterocycles. The first-order chi connectivity index (χ1) is 15.3. The van der Waals surface area contributed by atoms with Crippen LogP contribution in [0.1, 0.15) is 24.8 Å². The fourth-order valence-corrected chi connectivity index (χ4v) is 4.18. The first-order valence-electron chi connectivity index (χ1n) is 11.4. The number of rotatable bonds is 10. The Morgan fingerprint density at radius 2 is 1.90 bits per heavy atom. The summed E-state index contributed by atoms with van der Waals surface area (Å²) in [6.45, 7) is 5.62. The van der Waals surface area contributed by atoms with Gasteiger partial charge in [-0.15, -0.1) is 0 Å². The standard InChI is InChI=1S/C25H33N5O/c26-12-16-30-14-10-21(11-15-30)18-31-22-8-9-23-24(17-22)28-19-29-25(23)27-13-4-7-20-5-2-1-3-6-20/h1-3,5-6,8-9,17,19,21H,4,7,10-16,18,26H2,(H,27,28,29).